The lowest BCUT2D eigenvalue weighted by Crippen LogP contribution is -2.43. The summed E-state index contributed by atoms with van der Waals surface area (Å²) in [5.41, 5.74) is 1.04. The average Bonchev–Trinajstić information content (AvgIpc) is 2.85. The highest BCUT2D eigenvalue weighted by atomic mass is 19.1. The molecule has 1 atom stereocenters. The Hall–Kier alpha value is -2.44. The molecule has 1 aromatic rings. The van der Waals surface area contributed by atoms with Crippen molar-refractivity contribution in [3.8, 4) is 0 Å². The molecule has 6 nitrogen and oxygen atoms in total. The van der Waals surface area contributed by atoms with Crippen LogP contribution in [0.4, 0.5) is 10.1 Å². The molecule has 2 heterocycles. The number of amides is 3. The van der Waals surface area contributed by atoms with Crippen LogP contribution in [0.1, 0.15) is 43.6 Å². The molecule has 1 aliphatic carbocycles. The molecule has 1 saturated heterocycles. The summed E-state index contributed by atoms with van der Waals surface area (Å²) >= 11 is 0. The van der Waals surface area contributed by atoms with Crippen LogP contribution < -0.4 is 5.32 Å². The lowest BCUT2D eigenvalue weighted by Gasteiger charge is -2.32. The zero-order chi connectivity index (χ0) is 19.0. The molecule has 0 spiro atoms. The van der Waals surface area contributed by atoms with Gasteiger partial charge in [0.2, 0.25) is 17.7 Å². The molecule has 7 heteroatoms. The minimum atomic E-state index is -0.668. The first kappa shape index (κ1) is 17.9. The Bertz CT molecular complexity index is 778. The van der Waals surface area contributed by atoms with Gasteiger partial charge in [-0.1, -0.05) is 6.42 Å². The molecule has 0 radical (unpaired) electrons. The average molecular weight is 373 g/mol. The summed E-state index contributed by atoms with van der Waals surface area (Å²) in [6.45, 7) is 2.20. The topological polar surface area (TPSA) is 69.7 Å². The Morgan fingerprint density at radius 1 is 1.00 bits per heavy atom. The summed E-state index contributed by atoms with van der Waals surface area (Å²) in [6.07, 6.45) is 3.80. The first-order chi connectivity index (χ1) is 13.0. The third kappa shape index (κ3) is 3.55. The molecule has 1 saturated carbocycles. The Morgan fingerprint density at radius 2 is 1.70 bits per heavy atom. The summed E-state index contributed by atoms with van der Waals surface area (Å²) < 4.78 is 13.7. The monoisotopic (exact) mass is 373 g/mol. The molecule has 144 valence electrons. The van der Waals surface area contributed by atoms with E-state index in [4.69, 9.17) is 0 Å². The van der Waals surface area contributed by atoms with Gasteiger partial charge in [0.1, 0.15) is 5.82 Å². The van der Waals surface area contributed by atoms with Gasteiger partial charge in [0.25, 0.3) is 0 Å². The highest BCUT2D eigenvalue weighted by molar-refractivity contribution is 6.01. The van der Waals surface area contributed by atoms with E-state index in [9.17, 15) is 18.8 Å². The number of carbonyl (C=O) groups excluding carboxylic acids is 3. The van der Waals surface area contributed by atoms with Crippen LogP contribution in [0.3, 0.4) is 0 Å². The minimum Gasteiger partial charge on any atom is -0.341 e. The fourth-order valence-corrected chi connectivity index (χ4v) is 4.14. The first-order valence-electron chi connectivity index (χ1n) is 9.70. The SMILES string of the molecule is O=C1C[C@@H](C(=O)N2CCCN(C(=O)C3CCC3)CC2)c2cc(F)ccc2N1. The van der Waals surface area contributed by atoms with Crippen molar-refractivity contribution in [2.24, 2.45) is 5.92 Å². The number of carbonyl (C=O) groups is 3. The minimum absolute atomic E-state index is 0.0243. The number of nitrogens with one attached hydrogen (secondary N) is 1. The van der Waals surface area contributed by atoms with Crippen molar-refractivity contribution >= 4 is 23.4 Å². The van der Waals surface area contributed by atoms with E-state index in [1.807, 2.05) is 4.90 Å². The first-order valence-corrected chi connectivity index (χ1v) is 9.70. The molecule has 1 N–H and O–H groups in total. The maximum atomic E-state index is 13.7. The summed E-state index contributed by atoms with van der Waals surface area (Å²) in [5, 5.41) is 2.71. The quantitative estimate of drug-likeness (QED) is 0.863. The Morgan fingerprint density at radius 3 is 2.37 bits per heavy atom. The van der Waals surface area contributed by atoms with Crippen molar-refractivity contribution in [1.82, 2.24) is 9.80 Å². The zero-order valence-electron chi connectivity index (χ0n) is 15.2. The molecule has 0 unspecified atom stereocenters. The van der Waals surface area contributed by atoms with Crippen LogP contribution >= 0.6 is 0 Å². The van der Waals surface area contributed by atoms with Crippen LogP contribution in [0.5, 0.6) is 0 Å². The van der Waals surface area contributed by atoms with Crippen LogP contribution in [0.15, 0.2) is 18.2 Å². The Kier molecular flexibility index (Phi) is 4.85. The molecule has 2 aliphatic heterocycles. The van der Waals surface area contributed by atoms with Crippen LogP contribution in [0, 0.1) is 11.7 Å². The molecule has 27 heavy (non-hydrogen) atoms. The predicted molar refractivity (Wildman–Crippen MR) is 97.5 cm³/mol. The molecule has 2 fully saturated rings. The van der Waals surface area contributed by atoms with Crippen molar-refractivity contribution in [2.45, 2.75) is 38.0 Å². The van der Waals surface area contributed by atoms with E-state index in [1.165, 1.54) is 18.2 Å². The Balaban J connectivity index is 1.47. The molecule has 3 aliphatic rings. The molecule has 4 rings (SSSR count). The lowest BCUT2D eigenvalue weighted by molar-refractivity contribution is -0.139. The largest absolute Gasteiger partial charge is 0.341 e. The standard InChI is InChI=1S/C20H24FN3O3/c21-14-5-6-17-15(11-14)16(12-18(25)22-17)20(27)24-8-2-7-23(9-10-24)19(26)13-3-1-4-13/h5-6,11,13,16H,1-4,7-10,12H2,(H,22,25)/t16-/m1/s1. The van der Waals surface area contributed by atoms with Gasteiger partial charge in [0.05, 0.1) is 5.92 Å². The number of benzene rings is 1. The van der Waals surface area contributed by atoms with Crippen molar-refractivity contribution in [2.75, 3.05) is 31.5 Å². The Labute approximate surface area is 157 Å². The van der Waals surface area contributed by atoms with E-state index >= 15 is 0 Å². The third-order valence-corrected chi connectivity index (χ3v) is 5.92. The molecular weight excluding hydrogens is 349 g/mol. The van der Waals surface area contributed by atoms with E-state index in [0.717, 1.165) is 25.7 Å². The van der Waals surface area contributed by atoms with Crippen molar-refractivity contribution < 1.29 is 18.8 Å². The van der Waals surface area contributed by atoms with E-state index in [2.05, 4.69) is 5.32 Å². The third-order valence-electron chi connectivity index (χ3n) is 5.92. The van der Waals surface area contributed by atoms with Crippen LogP contribution in [0.2, 0.25) is 0 Å². The molecule has 1 aromatic carbocycles. The van der Waals surface area contributed by atoms with Gasteiger partial charge in [0, 0.05) is 44.2 Å². The van der Waals surface area contributed by atoms with E-state index < -0.39 is 11.7 Å². The van der Waals surface area contributed by atoms with Gasteiger partial charge in [-0.2, -0.15) is 0 Å². The van der Waals surface area contributed by atoms with Gasteiger partial charge >= 0.3 is 0 Å². The van der Waals surface area contributed by atoms with E-state index in [1.54, 1.807) is 4.90 Å². The fourth-order valence-electron chi connectivity index (χ4n) is 4.14. The predicted octanol–water partition coefficient (Wildman–Crippen LogP) is 2.11. The van der Waals surface area contributed by atoms with E-state index in [-0.39, 0.29) is 30.1 Å². The number of fused-ring (bicyclic) bond motifs is 1. The second kappa shape index (κ2) is 7.29. The van der Waals surface area contributed by atoms with Crippen LogP contribution in [-0.4, -0.2) is 53.7 Å². The summed E-state index contributed by atoms with van der Waals surface area (Å²) in [6, 6.07) is 4.12. The van der Waals surface area contributed by atoms with Gasteiger partial charge in [0.15, 0.2) is 0 Å². The molecular formula is C20H24FN3O3. The summed E-state index contributed by atoms with van der Waals surface area (Å²) in [4.78, 5) is 41.2. The van der Waals surface area contributed by atoms with E-state index in [0.29, 0.717) is 37.4 Å². The van der Waals surface area contributed by atoms with Crippen LogP contribution in [-0.2, 0) is 14.4 Å². The maximum absolute atomic E-state index is 13.7. The van der Waals surface area contributed by atoms with Crippen molar-refractivity contribution in [1.29, 1.82) is 0 Å². The molecule has 0 aromatic heterocycles. The fraction of sp³-hybridized carbons (Fsp3) is 0.550. The maximum Gasteiger partial charge on any atom is 0.230 e. The lowest BCUT2D eigenvalue weighted by atomic mass is 9.84. The zero-order valence-corrected chi connectivity index (χ0v) is 15.2. The second-order valence-corrected chi connectivity index (χ2v) is 7.67. The van der Waals surface area contributed by atoms with Gasteiger partial charge < -0.3 is 15.1 Å². The van der Waals surface area contributed by atoms with Gasteiger partial charge in [-0.05, 0) is 43.0 Å². The van der Waals surface area contributed by atoms with Crippen molar-refractivity contribution in [3.05, 3.63) is 29.6 Å². The summed E-state index contributed by atoms with van der Waals surface area (Å²) in [7, 11) is 0. The smallest absolute Gasteiger partial charge is 0.230 e. The van der Waals surface area contributed by atoms with Gasteiger partial charge in [-0.15, -0.1) is 0 Å². The number of nitrogens with zero attached hydrogens (tertiary/aromatic N) is 2. The second-order valence-electron chi connectivity index (χ2n) is 7.67. The van der Waals surface area contributed by atoms with Crippen molar-refractivity contribution in [3.63, 3.8) is 0 Å². The highest BCUT2D eigenvalue weighted by Gasteiger charge is 2.35. The molecule has 0 bridgehead atoms. The normalized spacial score (nSPS) is 23.1. The highest BCUT2D eigenvalue weighted by Crippen LogP contribution is 2.34. The summed E-state index contributed by atoms with van der Waals surface area (Å²) in [5.74, 6) is -1.11. The number of hydrogen-bond donors (Lipinski definition) is 1. The number of halogens is 1. The number of rotatable bonds is 2. The van der Waals surface area contributed by atoms with Crippen LogP contribution in [0.25, 0.3) is 0 Å². The van der Waals surface area contributed by atoms with Gasteiger partial charge in [-0.25, -0.2) is 4.39 Å². The molecule has 3 amide bonds. The number of anilines is 1. The number of hydrogen-bond acceptors (Lipinski definition) is 3. The van der Waals surface area contributed by atoms with Gasteiger partial charge in [-0.3, -0.25) is 14.4 Å².